The van der Waals surface area contributed by atoms with E-state index in [1.54, 1.807) is 0 Å². The summed E-state index contributed by atoms with van der Waals surface area (Å²) in [5.74, 6) is -2.29. The van der Waals surface area contributed by atoms with E-state index in [1.807, 2.05) is 6.92 Å². The second kappa shape index (κ2) is 4.53. The molecule has 2 nitrogen and oxygen atoms in total. The average molecular weight is 239 g/mol. The first-order valence-electron chi connectivity index (χ1n) is 5.74. The van der Waals surface area contributed by atoms with Crippen LogP contribution in [0.3, 0.4) is 0 Å². The van der Waals surface area contributed by atoms with Crippen LogP contribution in [0.15, 0.2) is 18.2 Å². The van der Waals surface area contributed by atoms with Crippen molar-refractivity contribution in [3.63, 3.8) is 0 Å². The van der Waals surface area contributed by atoms with Crippen LogP contribution in [0, 0.1) is 17.0 Å². The van der Waals surface area contributed by atoms with Crippen molar-refractivity contribution in [2.45, 2.75) is 19.8 Å². The molecule has 1 aliphatic heterocycles. The summed E-state index contributed by atoms with van der Waals surface area (Å²) in [4.78, 5) is 12.3. The molecule has 0 spiro atoms. The lowest BCUT2D eigenvalue weighted by Gasteiger charge is -2.32. The van der Waals surface area contributed by atoms with E-state index in [0.29, 0.717) is 12.8 Å². The molecule has 1 fully saturated rings. The molecule has 0 unspecified atom stereocenters. The third-order valence-electron chi connectivity index (χ3n) is 3.45. The SMILES string of the molecule is CC1(C(=O)c2cccc(F)c2F)CCNCC1. The Morgan fingerprint density at radius 2 is 1.94 bits per heavy atom. The molecule has 0 atom stereocenters. The summed E-state index contributed by atoms with van der Waals surface area (Å²) in [5, 5.41) is 3.15. The minimum Gasteiger partial charge on any atom is -0.317 e. The van der Waals surface area contributed by atoms with Crippen LogP contribution >= 0.6 is 0 Å². The number of carbonyl (C=O) groups excluding carboxylic acids is 1. The molecular weight excluding hydrogens is 224 g/mol. The highest BCUT2D eigenvalue weighted by atomic mass is 19.2. The summed E-state index contributed by atoms with van der Waals surface area (Å²) in [6.45, 7) is 3.29. The van der Waals surface area contributed by atoms with Crippen LogP contribution in [0.2, 0.25) is 0 Å². The Balaban J connectivity index is 2.33. The first-order chi connectivity index (χ1) is 8.04. The molecule has 1 heterocycles. The van der Waals surface area contributed by atoms with Gasteiger partial charge in [-0.25, -0.2) is 8.78 Å². The molecule has 1 aromatic rings. The number of ketones is 1. The highest BCUT2D eigenvalue weighted by Crippen LogP contribution is 2.33. The summed E-state index contributed by atoms with van der Waals surface area (Å²) in [7, 11) is 0. The Morgan fingerprint density at radius 3 is 2.59 bits per heavy atom. The van der Waals surface area contributed by atoms with Gasteiger partial charge in [-0.3, -0.25) is 4.79 Å². The first-order valence-corrected chi connectivity index (χ1v) is 5.74. The van der Waals surface area contributed by atoms with Crippen molar-refractivity contribution in [2.24, 2.45) is 5.41 Å². The average Bonchev–Trinajstić information content (AvgIpc) is 2.33. The number of rotatable bonds is 2. The van der Waals surface area contributed by atoms with E-state index < -0.39 is 17.0 Å². The van der Waals surface area contributed by atoms with Crippen molar-refractivity contribution >= 4 is 5.78 Å². The number of Topliss-reactive ketones (excluding diaryl/α,β-unsaturated/α-hetero) is 1. The van der Waals surface area contributed by atoms with Crippen molar-refractivity contribution in [1.82, 2.24) is 5.32 Å². The number of halogens is 2. The zero-order valence-corrected chi connectivity index (χ0v) is 9.72. The summed E-state index contributed by atoms with van der Waals surface area (Å²) >= 11 is 0. The molecule has 0 radical (unpaired) electrons. The Kier molecular flexibility index (Phi) is 3.24. The van der Waals surface area contributed by atoms with Crippen LogP contribution in [0.4, 0.5) is 8.78 Å². The Labute approximate surface area is 99.0 Å². The normalized spacial score (nSPS) is 19.0. The number of benzene rings is 1. The molecule has 1 aromatic carbocycles. The van der Waals surface area contributed by atoms with Gasteiger partial charge >= 0.3 is 0 Å². The fourth-order valence-electron chi connectivity index (χ4n) is 2.21. The van der Waals surface area contributed by atoms with Gasteiger partial charge in [-0.05, 0) is 38.1 Å². The van der Waals surface area contributed by atoms with E-state index in [9.17, 15) is 13.6 Å². The van der Waals surface area contributed by atoms with E-state index in [1.165, 1.54) is 12.1 Å². The molecule has 0 saturated carbocycles. The van der Waals surface area contributed by atoms with Crippen LogP contribution in [0.1, 0.15) is 30.1 Å². The van der Waals surface area contributed by atoms with Crippen LogP contribution in [0.5, 0.6) is 0 Å². The van der Waals surface area contributed by atoms with Gasteiger partial charge in [0.05, 0.1) is 5.56 Å². The van der Waals surface area contributed by atoms with Crippen molar-refractivity contribution < 1.29 is 13.6 Å². The fourth-order valence-corrected chi connectivity index (χ4v) is 2.21. The number of nitrogens with one attached hydrogen (secondary N) is 1. The van der Waals surface area contributed by atoms with Crippen LogP contribution in [0.25, 0.3) is 0 Å². The fraction of sp³-hybridized carbons (Fsp3) is 0.462. The van der Waals surface area contributed by atoms with Gasteiger partial charge in [0, 0.05) is 5.41 Å². The molecule has 1 aliphatic rings. The maximum Gasteiger partial charge on any atom is 0.171 e. The number of hydrogen-bond acceptors (Lipinski definition) is 2. The molecule has 0 aliphatic carbocycles. The molecule has 2 rings (SSSR count). The summed E-state index contributed by atoms with van der Waals surface area (Å²) in [6, 6.07) is 3.75. The van der Waals surface area contributed by atoms with E-state index in [4.69, 9.17) is 0 Å². The zero-order chi connectivity index (χ0) is 12.5. The molecule has 0 bridgehead atoms. The molecule has 4 heteroatoms. The summed E-state index contributed by atoms with van der Waals surface area (Å²) < 4.78 is 26.7. The predicted octanol–water partition coefficient (Wildman–Crippen LogP) is 2.54. The topological polar surface area (TPSA) is 29.1 Å². The third kappa shape index (κ3) is 2.22. The van der Waals surface area contributed by atoms with Crippen LogP contribution in [-0.2, 0) is 0 Å². The van der Waals surface area contributed by atoms with Crippen molar-refractivity contribution in [3.8, 4) is 0 Å². The zero-order valence-electron chi connectivity index (χ0n) is 9.72. The molecular formula is C13H15F2NO. The van der Waals surface area contributed by atoms with Crippen molar-refractivity contribution in [1.29, 1.82) is 0 Å². The van der Waals surface area contributed by atoms with Crippen molar-refractivity contribution in [2.75, 3.05) is 13.1 Å². The lowest BCUT2D eigenvalue weighted by molar-refractivity contribution is 0.0756. The van der Waals surface area contributed by atoms with Crippen LogP contribution in [-0.4, -0.2) is 18.9 Å². The predicted molar refractivity (Wildman–Crippen MR) is 60.9 cm³/mol. The molecule has 1 saturated heterocycles. The lowest BCUT2D eigenvalue weighted by Crippen LogP contribution is -2.40. The van der Waals surface area contributed by atoms with Gasteiger partial charge in [0.1, 0.15) is 0 Å². The molecule has 0 aromatic heterocycles. The third-order valence-corrected chi connectivity index (χ3v) is 3.45. The maximum atomic E-state index is 13.6. The molecule has 1 N–H and O–H groups in total. The smallest absolute Gasteiger partial charge is 0.171 e. The number of carbonyl (C=O) groups is 1. The minimum absolute atomic E-state index is 0.130. The van der Waals surface area contributed by atoms with Gasteiger partial charge in [0.25, 0.3) is 0 Å². The van der Waals surface area contributed by atoms with E-state index in [0.717, 1.165) is 19.2 Å². The second-order valence-electron chi connectivity index (χ2n) is 4.74. The van der Waals surface area contributed by atoms with Gasteiger partial charge in [0.2, 0.25) is 0 Å². The van der Waals surface area contributed by atoms with E-state index in [-0.39, 0.29) is 11.3 Å². The second-order valence-corrected chi connectivity index (χ2v) is 4.74. The van der Waals surface area contributed by atoms with Crippen LogP contribution < -0.4 is 5.32 Å². The number of piperidine rings is 1. The quantitative estimate of drug-likeness (QED) is 0.803. The maximum absolute atomic E-state index is 13.6. The molecule has 0 amide bonds. The van der Waals surface area contributed by atoms with E-state index >= 15 is 0 Å². The van der Waals surface area contributed by atoms with Gasteiger partial charge < -0.3 is 5.32 Å². The van der Waals surface area contributed by atoms with Crippen molar-refractivity contribution in [3.05, 3.63) is 35.4 Å². The number of hydrogen-bond donors (Lipinski definition) is 1. The van der Waals surface area contributed by atoms with Gasteiger partial charge in [-0.15, -0.1) is 0 Å². The Hall–Kier alpha value is -1.29. The van der Waals surface area contributed by atoms with Gasteiger partial charge in [-0.1, -0.05) is 13.0 Å². The minimum atomic E-state index is -1.03. The molecule has 92 valence electrons. The largest absolute Gasteiger partial charge is 0.317 e. The summed E-state index contributed by atoms with van der Waals surface area (Å²) in [5.41, 5.74) is -0.714. The highest BCUT2D eigenvalue weighted by Gasteiger charge is 2.36. The monoisotopic (exact) mass is 239 g/mol. The Morgan fingerprint density at radius 1 is 1.29 bits per heavy atom. The van der Waals surface area contributed by atoms with Gasteiger partial charge in [-0.2, -0.15) is 0 Å². The Bertz CT molecular complexity index is 439. The lowest BCUT2D eigenvalue weighted by atomic mass is 9.75. The van der Waals surface area contributed by atoms with E-state index in [2.05, 4.69) is 5.32 Å². The summed E-state index contributed by atoms with van der Waals surface area (Å²) in [6.07, 6.45) is 1.31. The molecule has 17 heavy (non-hydrogen) atoms. The van der Waals surface area contributed by atoms with Gasteiger partial charge in [0.15, 0.2) is 17.4 Å². The highest BCUT2D eigenvalue weighted by molar-refractivity contribution is 6.00. The standard InChI is InChI=1S/C13H15F2NO/c1-13(5-7-16-8-6-13)12(17)9-3-2-4-10(14)11(9)15/h2-4,16H,5-8H2,1H3. The first kappa shape index (κ1) is 12.2.